The summed E-state index contributed by atoms with van der Waals surface area (Å²) in [5.74, 6) is -0.615. The molecule has 1 N–H and O–H groups in total. The number of aliphatic hydroxyl groups is 1. The average molecular weight is 537 g/mol. The Morgan fingerprint density at radius 2 is 1.00 bits per heavy atom. The van der Waals surface area contributed by atoms with Crippen LogP contribution in [0.3, 0.4) is 0 Å². The minimum absolute atomic E-state index is 0.0719. The van der Waals surface area contributed by atoms with Crippen molar-refractivity contribution in [2.24, 2.45) is 0 Å². The molecule has 0 amide bonds. The molecular weight excluding hydrogens is 476 g/mol. The molecule has 0 aliphatic carbocycles. The van der Waals surface area contributed by atoms with Crippen LogP contribution in [0.25, 0.3) is 0 Å². The average Bonchev–Trinajstić information content (AvgIpc) is 2.92. The Kier molecular flexibility index (Phi) is 28.7. The number of carbonyl (C=O) groups excluding carboxylic acids is 2. The molecule has 0 aliphatic rings. The van der Waals surface area contributed by atoms with Gasteiger partial charge < -0.3 is 14.6 Å². The van der Waals surface area contributed by atoms with Gasteiger partial charge in [0.25, 0.3) is 0 Å². The summed E-state index contributed by atoms with van der Waals surface area (Å²) in [6.45, 7) is 4.04. The van der Waals surface area contributed by atoms with Crippen LogP contribution >= 0.6 is 0 Å². The molecule has 0 saturated carbocycles. The van der Waals surface area contributed by atoms with E-state index in [4.69, 9.17) is 9.47 Å². The zero-order valence-electron chi connectivity index (χ0n) is 24.9. The van der Waals surface area contributed by atoms with Crippen molar-refractivity contribution in [1.82, 2.24) is 0 Å². The third-order valence-corrected chi connectivity index (χ3v) is 6.72. The number of hydrogen-bond donors (Lipinski definition) is 1. The number of esters is 2. The first-order chi connectivity index (χ1) is 18.6. The zero-order valence-corrected chi connectivity index (χ0v) is 24.9. The minimum atomic E-state index is -0.773. The molecule has 0 heterocycles. The fourth-order valence-electron chi connectivity index (χ4n) is 4.23. The van der Waals surface area contributed by atoms with Crippen LogP contribution in [0.1, 0.15) is 155 Å². The third-order valence-electron chi connectivity index (χ3n) is 6.72. The van der Waals surface area contributed by atoms with Crippen LogP contribution in [-0.4, -0.2) is 36.4 Å². The van der Waals surface area contributed by atoms with Crippen molar-refractivity contribution in [2.75, 3.05) is 13.2 Å². The molecule has 1 atom stereocenters. The highest BCUT2D eigenvalue weighted by molar-refractivity contribution is 5.70. The molecule has 0 rings (SSSR count). The van der Waals surface area contributed by atoms with Gasteiger partial charge in [-0.3, -0.25) is 9.59 Å². The molecule has 0 unspecified atom stereocenters. The van der Waals surface area contributed by atoms with E-state index in [0.717, 1.165) is 51.4 Å². The van der Waals surface area contributed by atoms with E-state index in [2.05, 4.69) is 38.2 Å². The standard InChI is InChI=1S/C33H60O5/c1-3-5-7-9-11-13-15-16-18-20-22-24-26-28-33(36)38-31(29-34)30-37-32(35)27-25-23-21-19-17-14-12-10-8-6-4-2/h10,12-13,15,31,34H,3-9,11,14,16-30H2,1-2H3/b12-10-,15-13-/t31-/m0/s1. The van der Waals surface area contributed by atoms with Crippen molar-refractivity contribution in [2.45, 2.75) is 161 Å². The van der Waals surface area contributed by atoms with Gasteiger partial charge in [-0.25, -0.2) is 0 Å². The summed E-state index contributed by atoms with van der Waals surface area (Å²) in [6.07, 6.45) is 32.2. The predicted molar refractivity (Wildman–Crippen MR) is 159 cm³/mol. The van der Waals surface area contributed by atoms with Crippen molar-refractivity contribution in [3.8, 4) is 0 Å². The smallest absolute Gasteiger partial charge is 0.306 e. The Labute approximate surface area is 234 Å². The number of allylic oxidation sites excluding steroid dienone is 4. The Morgan fingerprint density at radius 3 is 1.50 bits per heavy atom. The fraction of sp³-hybridized carbons (Fsp3) is 0.818. The summed E-state index contributed by atoms with van der Waals surface area (Å²) in [6, 6.07) is 0. The van der Waals surface area contributed by atoms with E-state index in [1.165, 1.54) is 77.0 Å². The number of aliphatic hydroxyl groups excluding tert-OH is 1. The highest BCUT2D eigenvalue weighted by atomic mass is 16.6. The van der Waals surface area contributed by atoms with Gasteiger partial charge >= 0.3 is 11.9 Å². The second kappa shape index (κ2) is 29.9. The van der Waals surface area contributed by atoms with E-state index in [1.54, 1.807) is 0 Å². The topological polar surface area (TPSA) is 72.8 Å². The first-order valence-corrected chi connectivity index (χ1v) is 15.9. The lowest BCUT2D eigenvalue weighted by Gasteiger charge is -2.15. The second-order valence-corrected chi connectivity index (χ2v) is 10.5. The van der Waals surface area contributed by atoms with E-state index in [9.17, 15) is 14.7 Å². The van der Waals surface area contributed by atoms with Gasteiger partial charge in [0, 0.05) is 12.8 Å². The first-order valence-electron chi connectivity index (χ1n) is 15.9. The quantitative estimate of drug-likeness (QED) is 0.0613. The largest absolute Gasteiger partial charge is 0.462 e. The van der Waals surface area contributed by atoms with Crippen LogP contribution in [0, 0.1) is 0 Å². The maximum Gasteiger partial charge on any atom is 0.306 e. The third kappa shape index (κ3) is 27.4. The normalized spacial score (nSPS) is 12.4. The van der Waals surface area contributed by atoms with E-state index in [0.29, 0.717) is 12.8 Å². The Bertz CT molecular complexity index is 584. The Morgan fingerprint density at radius 1 is 0.579 bits per heavy atom. The van der Waals surface area contributed by atoms with Crippen molar-refractivity contribution >= 4 is 11.9 Å². The van der Waals surface area contributed by atoms with Gasteiger partial charge in [0.15, 0.2) is 6.10 Å². The van der Waals surface area contributed by atoms with E-state index in [1.807, 2.05) is 0 Å². The zero-order chi connectivity index (χ0) is 27.9. The summed E-state index contributed by atoms with van der Waals surface area (Å²) in [4.78, 5) is 24.0. The number of carbonyl (C=O) groups is 2. The van der Waals surface area contributed by atoms with Crippen LogP contribution in [0.4, 0.5) is 0 Å². The van der Waals surface area contributed by atoms with Crippen LogP contribution in [0.2, 0.25) is 0 Å². The first kappa shape index (κ1) is 36.4. The highest BCUT2D eigenvalue weighted by Gasteiger charge is 2.16. The van der Waals surface area contributed by atoms with Gasteiger partial charge in [-0.15, -0.1) is 0 Å². The lowest BCUT2D eigenvalue weighted by molar-refractivity contribution is -0.161. The van der Waals surface area contributed by atoms with Gasteiger partial charge in [0.05, 0.1) is 6.61 Å². The Hall–Kier alpha value is -1.62. The molecule has 0 saturated heterocycles. The van der Waals surface area contributed by atoms with Crippen LogP contribution < -0.4 is 0 Å². The van der Waals surface area contributed by atoms with E-state index >= 15 is 0 Å². The van der Waals surface area contributed by atoms with Crippen LogP contribution in [-0.2, 0) is 19.1 Å². The van der Waals surface area contributed by atoms with Gasteiger partial charge in [0.1, 0.15) is 6.61 Å². The molecule has 5 heteroatoms. The molecule has 0 spiro atoms. The summed E-state index contributed by atoms with van der Waals surface area (Å²) in [7, 11) is 0. The molecule has 0 aromatic rings. The monoisotopic (exact) mass is 536 g/mol. The SMILES string of the molecule is CCCC/C=C\CCCCCCCC(=O)OC[C@H](CO)OC(=O)CCCCCCC/C=C\CCCCCC. The minimum Gasteiger partial charge on any atom is -0.462 e. The summed E-state index contributed by atoms with van der Waals surface area (Å²) < 4.78 is 10.5. The van der Waals surface area contributed by atoms with E-state index < -0.39 is 6.10 Å². The summed E-state index contributed by atoms with van der Waals surface area (Å²) in [5, 5.41) is 9.47. The number of rotatable bonds is 28. The molecule has 0 radical (unpaired) electrons. The molecule has 222 valence electrons. The van der Waals surface area contributed by atoms with E-state index in [-0.39, 0.29) is 25.2 Å². The molecule has 0 aromatic heterocycles. The van der Waals surface area contributed by atoms with Crippen molar-refractivity contribution in [3.05, 3.63) is 24.3 Å². The number of hydrogen-bond acceptors (Lipinski definition) is 5. The van der Waals surface area contributed by atoms with Gasteiger partial charge in [-0.2, -0.15) is 0 Å². The molecule has 0 aliphatic heterocycles. The molecular formula is C33H60O5. The summed E-state index contributed by atoms with van der Waals surface area (Å²) in [5.41, 5.74) is 0. The second-order valence-electron chi connectivity index (χ2n) is 10.5. The Balaban J connectivity index is 3.62. The molecule has 38 heavy (non-hydrogen) atoms. The predicted octanol–water partition coefficient (Wildman–Crippen LogP) is 9.17. The van der Waals surface area contributed by atoms with Gasteiger partial charge in [-0.05, 0) is 57.8 Å². The van der Waals surface area contributed by atoms with Crippen molar-refractivity contribution in [3.63, 3.8) is 0 Å². The van der Waals surface area contributed by atoms with Crippen molar-refractivity contribution in [1.29, 1.82) is 0 Å². The molecule has 0 aromatic carbocycles. The summed E-state index contributed by atoms with van der Waals surface area (Å²) >= 11 is 0. The maximum absolute atomic E-state index is 12.1. The lowest BCUT2D eigenvalue weighted by atomic mass is 10.1. The van der Waals surface area contributed by atoms with Crippen LogP contribution in [0.5, 0.6) is 0 Å². The van der Waals surface area contributed by atoms with Gasteiger partial charge in [-0.1, -0.05) is 109 Å². The molecule has 0 fully saturated rings. The fourth-order valence-corrected chi connectivity index (χ4v) is 4.23. The highest BCUT2D eigenvalue weighted by Crippen LogP contribution is 2.11. The van der Waals surface area contributed by atoms with Crippen LogP contribution in [0.15, 0.2) is 24.3 Å². The lowest BCUT2D eigenvalue weighted by Crippen LogP contribution is -2.28. The van der Waals surface area contributed by atoms with Crippen molar-refractivity contribution < 1.29 is 24.2 Å². The molecule has 5 nitrogen and oxygen atoms in total. The van der Waals surface area contributed by atoms with Gasteiger partial charge in [0.2, 0.25) is 0 Å². The number of unbranched alkanes of at least 4 members (excludes halogenated alkanes) is 16. The maximum atomic E-state index is 12.1. The molecule has 0 bridgehead atoms. The number of ether oxygens (including phenoxy) is 2.